The van der Waals surface area contributed by atoms with Crippen LogP contribution in [0.1, 0.15) is 52.0 Å². The fourth-order valence-corrected chi connectivity index (χ4v) is 4.08. The van der Waals surface area contributed by atoms with Crippen LogP contribution in [0, 0.1) is 11.3 Å². The predicted molar refractivity (Wildman–Crippen MR) is 89.7 cm³/mol. The molecule has 1 aliphatic carbocycles. The molecular weight excluding hydrogens is 296 g/mol. The molecule has 0 heterocycles. The highest BCUT2D eigenvalue weighted by atomic mass is 32.2. The average Bonchev–Trinajstić information content (AvgIpc) is 3.20. The zero-order valence-corrected chi connectivity index (χ0v) is 14.9. The quantitative estimate of drug-likeness (QED) is 0.834. The Morgan fingerprint density at radius 3 is 2.18 bits per heavy atom. The van der Waals surface area contributed by atoms with Gasteiger partial charge in [-0.15, -0.1) is 0 Å². The second-order valence-electron chi connectivity index (χ2n) is 7.23. The number of hydrogen-bond acceptors (Lipinski definition) is 3. The summed E-state index contributed by atoms with van der Waals surface area (Å²) < 4.78 is 23.1. The Bertz CT molecular complexity index is 614. The fraction of sp³-hybridized carbons (Fsp3) is 0.667. The third-order valence-electron chi connectivity index (χ3n) is 5.82. The number of rotatable bonds is 7. The van der Waals surface area contributed by atoms with Crippen molar-refractivity contribution < 1.29 is 13.5 Å². The molecule has 0 radical (unpaired) electrons. The Labute approximate surface area is 134 Å². The molecule has 0 spiro atoms. The van der Waals surface area contributed by atoms with Gasteiger partial charge in [0.25, 0.3) is 0 Å². The first-order chi connectivity index (χ1) is 10.2. The zero-order chi connectivity index (χ0) is 16.6. The molecule has 0 saturated heterocycles. The standard InChI is InChI=1S/C18H28O3S/c1-5-17(3,6-2)11-15-12-18(15,13-19)14-7-9-16(10-8-14)22(4,20)21/h7-10,15,19H,5-6,11-13H2,1-4H3. The molecule has 2 unspecified atom stereocenters. The molecule has 2 atom stereocenters. The van der Waals surface area contributed by atoms with Gasteiger partial charge in [-0.05, 0) is 41.9 Å². The van der Waals surface area contributed by atoms with Crippen LogP contribution in [0.3, 0.4) is 0 Å². The molecule has 22 heavy (non-hydrogen) atoms. The Morgan fingerprint density at radius 2 is 1.77 bits per heavy atom. The van der Waals surface area contributed by atoms with Gasteiger partial charge in [-0.25, -0.2) is 8.42 Å². The second-order valence-corrected chi connectivity index (χ2v) is 9.25. The third kappa shape index (κ3) is 3.23. The molecule has 0 aliphatic heterocycles. The molecule has 2 rings (SSSR count). The molecule has 0 aromatic heterocycles. The number of aliphatic hydroxyl groups is 1. The molecule has 0 bridgehead atoms. The lowest BCUT2D eigenvalue weighted by Crippen LogP contribution is -2.21. The van der Waals surface area contributed by atoms with Crippen LogP contribution in [0.2, 0.25) is 0 Å². The lowest BCUT2D eigenvalue weighted by molar-refractivity contribution is 0.211. The average molecular weight is 324 g/mol. The SMILES string of the molecule is CCC(C)(CC)CC1CC1(CO)c1ccc(S(C)(=O)=O)cc1. The van der Waals surface area contributed by atoms with Crippen LogP contribution in [0.5, 0.6) is 0 Å². The summed E-state index contributed by atoms with van der Waals surface area (Å²) in [5.41, 5.74) is 1.23. The van der Waals surface area contributed by atoms with E-state index in [9.17, 15) is 13.5 Å². The topological polar surface area (TPSA) is 54.4 Å². The van der Waals surface area contributed by atoms with Crippen LogP contribution < -0.4 is 0 Å². The predicted octanol–water partition coefficient (Wildman–Crippen LogP) is 3.56. The molecule has 1 fully saturated rings. The minimum atomic E-state index is -3.16. The molecule has 1 aliphatic rings. The van der Waals surface area contributed by atoms with Gasteiger partial charge in [0.2, 0.25) is 0 Å². The van der Waals surface area contributed by atoms with Crippen molar-refractivity contribution in [3.05, 3.63) is 29.8 Å². The van der Waals surface area contributed by atoms with E-state index < -0.39 is 9.84 Å². The van der Waals surface area contributed by atoms with Crippen LogP contribution in [0.4, 0.5) is 0 Å². The summed E-state index contributed by atoms with van der Waals surface area (Å²) in [4.78, 5) is 0.341. The van der Waals surface area contributed by atoms with E-state index in [0.717, 1.165) is 31.2 Å². The van der Waals surface area contributed by atoms with E-state index in [-0.39, 0.29) is 12.0 Å². The second kappa shape index (κ2) is 5.97. The van der Waals surface area contributed by atoms with Gasteiger partial charge in [0.15, 0.2) is 9.84 Å². The maximum Gasteiger partial charge on any atom is 0.175 e. The van der Waals surface area contributed by atoms with Gasteiger partial charge in [0.1, 0.15) is 0 Å². The highest BCUT2D eigenvalue weighted by molar-refractivity contribution is 7.90. The fourth-order valence-electron chi connectivity index (χ4n) is 3.45. The maximum atomic E-state index is 11.6. The van der Waals surface area contributed by atoms with Gasteiger partial charge < -0.3 is 5.11 Å². The Kier molecular flexibility index (Phi) is 4.74. The summed E-state index contributed by atoms with van der Waals surface area (Å²) in [6.07, 6.45) is 5.63. The van der Waals surface area contributed by atoms with Crippen molar-refractivity contribution in [2.24, 2.45) is 11.3 Å². The first-order valence-corrected chi connectivity index (χ1v) is 10.0. The van der Waals surface area contributed by atoms with Crippen molar-refractivity contribution in [3.8, 4) is 0 Å². The van der Waals surface area contributed by atoms with Crippen LogP contribution in [-0.4, -0.2) is 26.4 Å². The van der Waals surface area contributed by atoms with Crippen molar-refractivity contribution in [2.75, 3.05) is 12.9 Å². The summed E-state index contributed by atoms with van der Waals surface area (Å²) in [5.74, 6) is 0.492. The van der Waals surface area contributed by atoms with Crippen molar-refractivity contribution >= 4 is 9.84 Å². The minimum Gasteiger partial charge on any atom is -0.395 e. The largest absolute Gasteiger partial charge is 0.395 e. The van der Waals surface area contributed by atoms with Gasteiger partial charge in [-0.2, -0.15) is 0 Å². The number of hydrogen-bond donors (Lipinski definition) is 1. The molecule has 1 N–H and O–H groups in total. The lowest BCUT2D eigenvalue weighted by Gasteiger charge is -2.28. The van der Waals surface area contributed by atoms with E-state index >= 15 is 0 Å². The van der Waals surface area contributed by atoms with Crippen molar-refractivity contribution in [1.82, 2.24) is 0 Å². The summed E-state index contributed by atoms with van der Waals surface area (Å²) >= 11 is 0. The summed E-state index contributed by atoms with van der Waals surface area (Å²) in [5, 5.41) is 9.93. The highest BCUT2D eigenvalue weighted by Crippen LogP contribution is 2.59. The van der Waals surface area contributed by atoms with Crippen LogP contribution in [0.15, 0.2) is 29.2 Å². The van der Waals surface area contributed by atoms with E-state index in [0.29, 0.717) is 16.2 Å². The van der Waals surface area contributed by atoms with Gasteiger partial charge in [-0.3, -0.25) is 0 Å². The molecular formula is C18H28O3S. The minimum absolute atomic E-state index is 0.138. The molecule has 1 saturated carbocycles. The van der Waals surface area contributed by atoms with Gasteiger partial charge in [0.05, 0.1) is 11.5 Å². The smallest absolute Gasteiger partial charge is 0.175 e. The van der Waals surface area contributed by atoms with Crippen LogP contribution in [0.25, 0.3) is 0 Å². The van der Waals surface area contributed by atoms with E-state index in [1.807, 2.05) is 12.1 Å². The Hall–Kier alpha value is -0.870. The molecule has 1 aromatic carbocycles. The number of sulfone groups is 1. The van der Waals surface area contributed by atoms with Gasteiger partial charge >= 0.3 is 0 Å². The van der Waals surface area contributed by atoms with Crippen LogP contribution >= 0.6 is 0 Å². The molecule has 124 valence electrons. The van der Waals surface area contributed by atoms with Gasteiger partial charge in [-0.1, -0.05) is 45.7 Å². The third-order valence-corrected chi connectivity index (χ3v) is 6.95. The van der Waals surface area contributed by atoms with E-state index in [1.165, 1.54) is 6.26 Å². The van der Waals surface area contributed by atoms with Crippen molar-refractivity contribution in [2.45, 2.75) is 56.8 Å². The number of aliphatic hydroxyl groups excluding tert-OH is 1. The van der Waals surface area contributed by atoms with E-state index in [1.54, 1.807) is 12.1 Å². The monoisotopic (exact) mass is 324 g/mol. The first kappa shape index (κ1) is 17.5. The molecule has 1 aromatic rings. The first-order valence-electron chi connectivity index (χ1n) is 8.12. The van der Waals surface area contributed by atoms with Crippen LogP contribution in [-0.2, 0) is 15.3 Å². The van der Waals surface area contributed by atoms with Crippen molar-refractivity contribution in [3.63, 3.8) is 0 Å². The van der Waals surface area contributed by atoms with Gasteiger partial charge in [0, 0.05) is 11.7 Å². The Balaban J connectivity index is 2.20. The highest BCUT2D eigenvalue weighted by Gasteiger charge is 2.55. The number of benzene rings is 1. The van der Waals surface area contributed by atoms with E-state index in [4.69, 9.17) is 0 Å². The zero-order valence-electron chi connectivity index (χ0n) is 14.1. The van der Waals surface area contributed by atoms with Crippen molar-refractivity contribution in [1.29, 1.82) is 0 Å². The maximum absolute atomic E-state index is 11.6. The normalized spacial score (nSPS) is 25.2. The Morgan fingerprint density at radius 1 is 1.23 bits per heavy atom. The lowest BCUT2D eigenvalue weighted by atomic mass is 9.77. The summed E-state index contributed by atoms with van der Waals surface area (Å²) in [7, 11) is -3.16. The summed E-state index contributed by atoms with van der Waals surface area (Å²) in [6, 6.07) is 7.08. The molecule has 0 amide bonds. The van der Waals surface area contributed by atoms with E-state index in [2.05, 4.69) is 20.8 Å². The molecule has 3 nitrogen and oxygen atoms in total. The molecule has 4 heteroatoms. The summed E-state index contributed by atoms with van der Waals surface area (Å²) in [6.45, 7) is 6.92.